The zero-order valence-corrected chi connectivity index (χ0v) is 13.0. The first-order valence-corrected chi connectivity index (χ1v) is 7.67. The molecule has 0 aliphatic rings. The van der Waals surface area contributed by atoms with Gasteiger partial charge >= 0.3 is 0 Å². The molecule has 0 amide bonds. The summed E-state index contributed by atoms with van der Waals surface area (Å²) in [7, 11) is 1.92. The fourth-order valence-electron chi connectivity index (χ4n) is 2.26. The van der Waals surface area contributed by atoms with Crippen molar-refractivity contribution in [3.63, 3.8) is 0 Å². The normalized spacial score (nSPS) is 14.1. The minimum atomic E-state index is -0.186. The van der Waals surface area contributed by atoms with Gasteiger partial charge in [-0.3, -0.25) is 0 Å². The molecule has 0 fully saturated rings. The summed E-state index contributed by atoms with van der Waals surface area (Å²) in [5.74, 6) is -0.186. The molecule has 0 saturated heterocycles. The lowest BCUT2D eigenvalue weighted by Gasteiger charge is -2.27. The number of nitrogens with zero attached hydrogens (tertiary/aromatic N) is 1. The topological polar surface area (TPSA) is 29.3 Å². The molecule has 2 rings (SSSR count). The predicted octanol–water partition coefficient (Wildman–Crippen LogP) is 3.97. The Labute approximate surface area is 124 Å². The van der Waals surface area contributed by atoms with Crippen LogP contribution in [0.25, 0.3) is 0 Å². The quantitative estimate of drug-likeness (QED) is 0.903. The van der Waals surface area contributed by atoms with Crippen molar-refractivity contribution in [3.05, 3.63) is 52.0 Å². The highest BCUT2D eigenvalue weighted by Gasteiger charge is 2.16. The van der Waals surface area contributed by atoms with E-state index in [0.717, 1.165) is 5.56 Å². The highest BCUT2D eigenvalue weighted by Crippen LogP contribution is 2.30. The molecule has 2 nitrogen and oxygen atoms in total. The van der Waals surface area contributed by atoms with E-state index in [-0.39, 0.29) is 17.9 Å². The van der Waals surface area contributed by atoms with Crippen LogP contribution in [-0.2, 0) is 6.42 Å². The van der Waals surface area contributed by atoms with Gasteiger partial charge in [0.15, 0.2) is 0 Å². The summed E-state index contributed by atoms with van der Waals surface area (Å²) in [6, 6.07) is 9.69. The van der Waals surface area contributed by atoms with E-state index in [4.69, 9.17) is 5.73 Å². The average Bonchev–Trinajstić information content (AvgIpc) is 2.90. The largest absolute Gasteiger partial charge is 0.365 e. The van der Waals surface area contributed by atoms with Gasteiger partial charge in [-0.1, -0.05) is 12.1 Å². The van der Waals surface area contributed by atoms with E-state index in [0.29, 0.717) is 12.1 Å². The van der Waals surface area contributed by atoms with Crippen molar-refractivity contribution in [3.8, 4) is 0 Å². The average molecular weight is 292 g/mol. The van der Waals surface area contributed by atoms with Crippen LogP contribution in [0.1, 0.15) is 30.3 Å². The van der Waals surface area contributed by atoms with Crippen LogP contribution in [0.15, 0.2) is 35.7 Å². The van der Waals surface area contributed by atoms with Gasteiger partial charge in [0, 0.05) is 18.0 Å². The summed E-state index contributed by atoms with van der Waals surface area (Å²) >= 11 is 1.69. The first kappa shape index (κ1) is 15.0. The summed E-state index contributed by atoms with van der Waals surface area (Å²) in [4.78, 5) is 3.20. The zero-order chi connectivity index (χ0) is 14.7. The minimum absolute atomic E-state index is 0.0445. The van der Waals surface area contributed by atoms with Crippen LogP contribution in [0.2, 0.25) is 0 Å². The van der Waals surface area contributed by atoms with Crippen molar-refractivity contribution in [2.45, 2.75) is 32.4 Å². The Morgan fingerprint density at radius 3 is 2.60 bits per heavy atom. The maximum absolute atomic E-state index is 14.3. The van der Waals surface area contributed by atoms with Gasteiger partial charge in [0.05, 0.1) is 11.7 Å². The third-order valence-corrected chi connectivity index (χ3v) is 4.53. The molecule has 1 heterocycles. The van der Waals surface area contributed by atoms with Crippen LogP contribution >= 0.6 is 11.3 Å². The maximum Gasteiger partial charge on any atom is 0.146 e. The summed E-state index contributed by atoms with van der Waals surface area (Å²) in [5.41, 5.74) is 7.32. The fraction of sp³-hybridized carbons (Fsp3) is 0.375. The van der Waals surface area contributed by atoms with Crippen molar-refractivity contribution >= 4 is 17.0 Å². The van der Waals surface area contributed by atoms with Gasteiger partial charge < -0.3 is 10.6 Å². The monoisotopic (exact) mass is 292 g/mol. The third kappa shape index (κ3) is 3.38. The summed E-state index contributed by atoms with van der Waals surface area (Å²) in [5, 5.41) is 2.04. The van der Waals surface area contributed by atoms with Crippen LogP contribution in [-0.4, -0.2) is 13.1 Å². The van der Waals surface area contributed by atoms with Crippen LogP contribution in [0.3, 0.4) is 0 Å². The van der Waals surface area contributed by atoms with Crippen molar-refractivity contribution in [2.24, 2.45) is 5.73 Å². The van der Waals surface area contributed by atoms with E-state index in [1.54, 1.807) is 17.4 Å². The molecule has 0 bridgehead atoms. The first-order valence-electron chi connectivity index (χ1n) is 6.79. The molecular weight excluding hydrogens is 271 g/mol. The second-order valence-electron chi connectivity index (χ2n) is 5.27. The first-order chi connectivity index (χ1) is 9.49. The molecule has 4 heteroatoms. The van der Waals surface area contributed by atoms with Gasteiger partial charge in [-0.2, -0.15) is 0 Å². The van der Waals surface area contributed by atoms with E-state index >= 15 is 0 Å². The molecule has 1 aromatic heterocycles. The van der Waals surface area contributed by atoms with Crippen LogP contribution in [0, 0.1) is 5.82 Å². The molecule has 2 atom stereocenters. The molecule has 1 aromatic carbocycles. The molecule has 0 saturated carbocycles. The number of thiophene rings is 1. The van der Waals surface area contributed by atoms with Crippen molar-refractivity contribution < 1.29 is 4.39 Å². The number of nitrogens with two attached hydrogens (primary N) is 1. The molecule has 2 aromatic rings. The highest BCUT2D eigenvalue weighted by atomic mass is 32.1. The Hall–Kier alpha value is -1.39. The number of hydrogen-bond acceptors (Lipinski definition) is 3. The Morgan fingerprint density at radius 1 is 1.30 bits per heavy atom. The van der Waals surface area contributed by atoms with Crippen molar-refractivity contribution in [1.29, 1.82) is 0 Å². The lowest BCUT2D eigenvalue weighted by molar-refractivity contribution is 0.609. The SMILES string of the molecule is CC(N)Cc1ccc(N(C)C(C)c2cccs2)c(F)c1. The van der Waals surface area contributed by atoms with Crippen LogP contribution in [0.5, 0.6) is 0 Å². The molecular formula is C16H21FN2S. The number of hydrogen-bond donors (Lipinski definition) is 1. The zero-order valence-electron chi connectivity index (χ0n) is 12.1. The number of rotatable bonds is 5. The molecule has 0 aliphatic heterocycles. The third-order valence-electron chi connectivity index (χ3n) is 3.49. The van der Waals surface area contributed by atoms with E-state index in [1.807, 2.05) is 42.5 Å². The smallest absolute Gasteiger partial charge is 0.146 e. The second kappa shape index (κ2) is 6.37. The van der Waals surface area contributed by atoms with Crippen molar-refractivity contribution in [1.82, 2.24) is 0 Å². The second-order valence-corrected chi connectivity index (χ2v) is 6.25. The summed E-state index contributed by atoms with van der Waals surface area (Å²) in [6.07, 6.45) is 0.696. The lowest BCUT2D eigenvalue weighted by Crippen LogP contribution is -2.22. The molecule has 0 spiro atoms. The Morgan fingerprint density at radius 2 is 2.05 bits per heavy atom. The van der Waals surface area contributed by atoms with Crippen molar-refractivity contribution in [2.75, 3.05) is 11.9 Å². The van der Waals surface area contributed by atoms with Crippen LogP contribution < -0.4 is 10.6 Å². The lowest BCUT2D eigenvalue weighted by atomic mass is 10.1. The van der Waals surface area contributed by atoms with Gasteiger partial charge in [0.2, 0.25) is 0 Å². The number of benzene rings is 1. The van der Waals surface area contributed by atoms with E-state index in [9.17, 15) is 4.39 Å². The van der Waals surface area contributed by atoms with E-state index in [2.05, 4.69) is 13.0 Å². The Bertz CT molecular complexity index is 552. The Kier molecular flexibility index (Phi) is 4.78. The molecule has 0 aliphatic carbocycles. The fourth-order valence-corrected chi connectivity index (χ4v) is 3.09. The van der Waals surface area contributed by atoms with E-state index in [1.165, 1.54) is 4.88 Å². The van der Waals surface area contributed by atoms with Gasteiger partial charge in [0.25, 0.3) is 0 Å². The van der Waals surface area contributed by atoms with Gasteiger partial charge in [-0.05, 0) is 49.4 Å². The molecule has 2 N–H and O–H groups in total. The summed E-state index contributed by atoms with van der Waals surface area (Å²) < 4.78 is 14.3. The summed E-state index contributed by atoms with van der Waals surface area (Å²) in [6.45, 7) is 4.01. The highest BCUT2D eigenvalue weighted by molar-refractivity contribution is 7.10. The number of halogens is 1. The minimum Gasteiger partial charge on any atom is -0.365 e. The van der Waals surface area contributed by atoms with Gasteiger partial charge in [0.1, 0.15) is 5.82 Å². The maximum atomic E-state index is 14.3. The molecule has 0 radical (unpaired) electrons. The van der Waals surface area contributed by atoms with Crippen LogP contribution in [0.4, 0.5) is 10.1 Å². The van der Waals surface area contributed by atoms with Gasteiger partial charge in [-0.25, -0.2) is 4.39 Å². The molecule has 20 heavy (non-hydrogen) atoms. The molecule has 2 unspecified atom stereocenters. The standard InChI is InChI=1S/C16H21FN2S/c1-11(18)9-13-6-7-15(14(17)10-13)19(3)12(2)16-5-4-8-20-16/h4-8,10-12H,9,18H2,1-3H3. The number of anilines is 1. The Balaban J connectivity index is 2.20. The molecule has 108 valence electrons. The van der Waals surface area contributed by atoms with E-state index < -0.39 is 0 Å². The van der Waals surface area contributed by atoms with Gasteiger partial charge in [-0.15, -0.1) is 11.3 Å². The predicted molar refractivity (Wildman–Crippen MR) is 84.9 cm³/mol.